The highest BCUT2D eigenvalue weighted by atomic mass is 16.1. The Bertz CT molecular complexity index is 608. The van der Waals surface area contributed by atoms with Gasteiger partial charge in [0.1, 0.15) is 0 Å². The molecule has 2 N–H and O–H groups in total. The third-order valence-corrected chi connectivity index (χ3v) is 3.97. The molecule has 1 saturated heterocycles. The van der Waals surface area contributed by atoms with Crippen molar-refractivity contribution >= 4 is 5.91 Å². The molecule has 2 heterocycles. The van der Waals surface area contributed by atoms with Crippen LogP contribution in [0.2, 0.25) is 0 Å². The van der Waals surface area contributed by atoms with Gasteiger partial charge in [0, 0.05) is 12.2 Å². The summed E-state index contributed by atoms with van der Waals surface area (Å²) < 4.78 is 1.72. The zero-order chi connectivity index (χ0) is 14.7. The highest BCUT2D eigenvalue weighted by Crippen LogP contribution is 2.12. The van der Waals surface area contributed by atoms with Crippen LogP contribution in [0.4, 0.5) is 0 Å². The molecule has 0 saturated carbocycles. The second kappa shape index (κ2) is 6.10. The van der Waals surface area contributed by atoms with Gasteiger partial charge in [-0.15, -0.1) is 0 Å². The standard InChI is InChI=1S/C16H20N4O/c1-12-9-17-8-7-15(12)19-16(21)13-10-18-20(11-13)14-5-3-2-4-6-14/h2-6,10-12,15,17H,7-9H2,1H3,(H,19,21). The fraction of sp³-hybridized carbons (Fsp3) is 0.375. The average molecular weight is 284 g/mol. The molecule has 110 valence electrons. The van der Waals surface area contributed by atoms with Crippen molar-refractivity contribution in [3.05, 3.63) is 48.3 Å². The molecular formula is C16H20N4O. The fourth-order valence-corrected chi connectivity index (χ4v) is 2.64. The maximum Gasteiger partial charge on any atom is 0.254 e. The summed E-state index contributed by atoms with van der Waals surface area (Å²) in [6.45, 7) is 4.07. The maximum absolute atomic E-state index is 12.3. The molecular weight excluding hydrogens is 264 g/mol. The molecule has 2 unspecified atom stereocenters. The largest absolute Gasteiger partial charge is 0.349 e. The second-order valence-corrected chi connectivity index (χ2v) is 5.56. The number of carbonyl (C=O) groups excluding carboxylic acids is 1. The lowest BCUT2D eigenvalue weighted by Gasteiger charge is -2.30. The van der Waals surface area contributed by atoms with Gasteiger partial charge in [-0.2, -0.15) is 5.10 Å². The molecule has 1 fully saturated rings. The SMILES string of the molecule is CC1CNCCC1NC(=O)c1cnn(-c2ccccc2)c1. The van der Waals surface area contributed by atoms with Crippen molar-refractivity contribution < 1.29 is 4.79 Å². The lowest BCUT2D eigenvalue weighted by atomic mass is 9.95. The quantitative estimate of drug-likeness (QED) is 0.900. The summed E-state index contributed by atoms with van der Waals surface area (Å²) in [5.41, 5.74) is 1.55. The smallest absolute Gasteiger partial charge is 0.254 e. The molecule has 2 aromatic rings. The van der Waals surface area contributed by atoms with Crippen molar-refractivity contribution in [1.29, 1.82) is 0 Å². The van der Waals surface area contributed by atoms with E-state index in [4.69, 9.17) is 0 Å². The zero-order valence-electron chi connectivity index (χ0n) is 12.1. The highest BCUT2D eigenvalue weighted by molar-refractivity contribution is 5.94. The number of piperidine rings is 1. The Morgan fingerprint density at radius 3 is 2.95 bits per heavy atom. The highest BCUT2D eigenvalue weighted by Gasteiger charge is 2.23. The topological polar surface area (TPSA) is 58.9 Å². The number of amides is 1. The van der Waals surface area contributed by atoms with E-state index in [1.807, 2.05) is 30.3 Å². The molecule has 0 aliphatic carbocycles. The number of carbonyl (C=O) groups is 1. The normalized spacial score (nSPS) is 22.0. The van der Waals surface area contributed by atoms with Gasteiger partial charge in [-0.25, -0.2) is 4.68 Å². The van der Waals surface area contributed by atoms with Gasteiger partial charge in [-0.05, 0) is 37.6 Å². The van der Waals surface area contributed by atoms with Crippen LogP contribution in [-0.2, 0) is 0 Å². The Labute approximate surface area is 124 Å². The number of benzene rings is 1. The van der Waals surface area contributed by atoms with Gasteiger partial charge in [0.25, 0.3) is 5.91 Å². The van der Waals surface area contributed by atoms with Gasteiger partial charge >= 0.3 is 0 Å². The summed E-state index contributed by atoms with van der Waals surface area (Å²) in [6.07, 6.45) is 4.37. The first-order valence-corrected chi connectivity index (χ1v) is 7.36. The van der Waals surface area contributed by atoms with Gasteiger partial charge in [0.2, 0.25) is 0 Å². The number of aromatic nitrogens is 2. The van der Waals surface area contributed by atoms with Gasteiger partial charge < -0.3 is 10.6 Å². The summed E-state index contributed by atoms with van der Waals surface area (Å²) >= 11 is 0. The minimum Gasteiger partial charge on any atom is -0.349 e. The summed E-state index contributed by atoms with van der Waals surface area (Å²) in [5, 5.41) is 10.7. The molecule has 21 heavy (non-hydrogen) atoms. The van der Waals surface area contributed by atoms with E-state index in [-0.39, 0.29) is 11.9 Å². The minimum absolute atomic E-state index is 0.0454. The van der Waals surface area contributed by atoms with Crippen LogP contribution in [0.5, 0.6) is 0 Å². The Morgan fingerprint density at radius 2 is 2.19 bits per heavy atom. The summed E-state index contributed by atoms with van der Waals surface area (Å²) in [4.78, 5) is 12.3. The predicted molar refractivity (Wildman–Crippen MR) is 81.5 cm³/mol. The molecule has 0 spiro atoms. The van der Waals surface area contributed by atoms with E-state index in [1.165, 1.54) is 0 Å². The van der Waals surface area contributed by atoms with Crippen LogP contribution in [0.1, 0.15) is 23.7 Å². The Morgan fingerprint density at radius 1 is 1.38 bits per heavy atom. The van der Waals surface area contributed by atoms with Crippen LogP contribution in [0, 0.1) is 5.92 Å². The predicted octanol–water partition coefficient (Wildman–Crippen LogP) is 1.60. The average Bonchev–Trinajstić information content (AvgIpc) is 3.00. The van der Waals surface area contributed by atoms with E-state index < -0.39 is 0 Å². The summed E-state index contributed by atoms with van der Waals surface area (Å²) in [6, 6.07) is 10.0. The number of rotatable bonds is 3. The van der Waals surface area contributed by atoms with E-state index in [2.05, 4.69) is 22.7 Å². The fourth-order valence-electron chi connectivity index (χ4n) is 2.64. The van der Waals surface area contributed by atoms with Crippen LogP contribution in [0.25, 0.3) is 5.69 Å². The Hall–Kier alpha value is -2.14. The number of para-hydroxylation sites is 1. The molecule has 1 aromatic heterocycles. The third kappa shape index (κ3) is 3.13. The summed E-state index contributed by atoms with van der Waals surface area (Å²) in [5.74, 6) is 0.405. The van der Waals surface area contributed by atoms with Gasteiger partial charge in [-0.1, -0.05) is 25.1 Å². The van der Waals surface area contributed by atoms with E-state index in [0.717, 1.165) is 25.2 Å². The molecule has 1 aromatic carbocycles. The molecule has 5 nitrogen and oxygen atoms in total. The lowest BCUT2D eigenvalue weighted by Crippen LogP contribution is -2.48. The first-order valence-electron chi connectivity index (χ1n) is 7.36. The van der Waals surface area contributed by atoms with Crippen LogP contribution in [0.15, 0.2) is 42.7 Å². The zero-order valence-corrected chi connectivity index (χ0v) is 12.1. The first-order chi connectivity index (χ1) is 10.2. The number of nitrogens with zero attached hydrogens (tertiary/aromatic N) is 2. The van der Waals surface area contributed by atoms with E-state index in [1.54, 1.807) is 17.1 Å². The Kier molecular flexibility index (Phi) is 4.01. The molecule has 1 aliphatic heterocycles. The summed E-state index contributed by atoms with van der Waals surface area (Å²) in [7, 11) is 0. The monoisotopic (exact) mass is 284 g/mol. The van der Waals surface area contributed by atoms with E-state index in [9.17, 15) is 4.79 Å². The molecule has 0 bridgehead atoms. The minimum atomic E-state index is -0.0454. The molecule has 3 rings (SSSR count). The number of hydrogen-bond acceptors (Lipinski definition) is 3. The van der Waals surface area contributed by atoms with Gasteiger partial charge in [-0.3, -0.25) is 4.79 Å². The van der Waals surface area contributed by atoms with Crippen LogP contribution >= 0.6 is 0 Å². The molecule has 5 heteroatoms. The van der Waals surface area contributed by atoms with Crippen molar-refractivity contribution in [1.82, 2.24) is 20.4 Å². The van der Waals surface area contributed by atoms with Crippen LogP contribution in [-0.4, -0.2) is 34.8 Å². The van der Waals surface area contributed by atoms with E-state index in [0.29, 0.717) is 11.5 Å². The van der Waals surface area contributed by atoms with Crippen LogP contribution in [0.3, 0.4) is 0 Å². The number of hydrogen-bond donors (Lipinski definition) is 2. The molecule has 0 radical (unpaired) electrons. The number of nitrogens with one attached hydrogen (secondary N) is 2. The van der Waals surface area contributed by atoms with Crippen molar-refractivity contribution in [3.8, 4) is 5.69 Å². The molecule has 2 atom stereocenters. The lowest BCUT2D eigenvalue weighted by molar-refractivity contribution is 0.0914. The third-order valence-electron chi connectivity index (χ3n) is 3.97. The first kappa shape index (κ1) is 13.8. The van der Waals surface area contributed by atoms with Gasteiger partial charge in [0.05, 0.1) is 17.4 Å². The van der Waals surface area contributed by atoms with Crippen LogP contribution < -0.4 is 10.6 Å². The maximum atomic E-state index is 12.3. The molecule has 1 aliphatic rings. The van der Waals surface area contributed by atoms with Crippen molar-refractivity contribution in [2.45, 2.75) is 19.4 Å². The van der Waals surface area contributed by atoms with Crippen molar-refractivity contribution in [2.24, 2.45) is 5.92 Å². The molecule has 1 amide bonds. The van der Waals surface area contributed by atoms with E-state index >= 15 is 0 Å². The second-order valence-electron chi connectivity index (χ2n) is 5.56. The van der Waals surface area contributed by atoms with Gasteiger partial charge in [0.15, 0.2) is 0 Å². The Balaban J connectivity index is 1.69. The van der Waals surface area contributed by atoms with Crippen molar-refractivity contribution in [3.63, 3.8) is 0 Å². The van der Waals surface area contributed by atoms with Crippen molar-refractivity contribution in [2.75, 3.05) is 13.1 Å².